The Morgan fingerprint density at radius 3 is 2.38 bits per heavy atom. The first-order valence-corrected chi connectivity index (χ1v) is 9.67. The summed E-state index contributed by atoms with van der Waals surface area (Å²) in [5.41, 5.74) is 4.38. The molecule has 0 saturated carbocycles. The summed E-state index contributed by atoms with van der Waals surface area (Å²) in [6, 6.07) is 19.5. The molecule has 2 unspecified atom stereocenters. The SMILES string of the molecule is c1ccc2c(c1)CN(Sc1ccc(CN3CC4CC3CN4)cc1)C2. The van der Waals surface area contributed by atoms with Gasteiger partial charge in [-0.3, -0.25) is 4.90 Å². The average Bonchev–Trinajstić information content (AvgIpc) is 3.31. The molecule has 2 saturated heterocycles. The maximum atomic E-state index is 3.58. The molecule has 5 rings (SSSR count). The molecule has 4 heteroatoms. The Balaban J connectivity index is 1.20. The molecular weight excluding hydrogens is 314 g/mol. The second-order valence-electron chi connectivity index (χ2n) is 7.23. The van der Waals surface area contributed by atoms with Crippen molar-refractivity contribution < 1.29 is 0 Å². The van der Waals surface area contributed by atoms with Gasteiger partial charge in [0, 0.05) is 49.7 Å². The first-order valence-electron chi connectivity index (χ1n) is 8.89. The first kappa shape index (κ1) is 15.0. The van der Waals surface area contributed by atoms with E-state index >= 15 is 0 Å². The third kappa shape index (κ3) is 2.88. The summed E-state index contributed by atoms with van der Waals surface area (Å²) in [6.07, 6.45) is 1.34. The number of benzene rings is 2. The van der Waals surface area contributed by atoms with Crippen LogP contribution in [0.15, 0.2) is 53.4 Å². The summed E-state index contributed by atoms with van der Waals surface area (Å²) in [4.78, 5) is 3.98. The number of hydrogen-bond donors (Lipinski definition) is 1. The monoisotopic (exact) mass is 337 g/mol. The van der Waals surface area contributed by atoms with Crippen molar-refractivity contribution in [3.8, 4) is 0 Å². The number of rotatable bonds is 4. The summed E-state index contributed by atoms with van der Waals surface area (Å²) in [5.74, 6) is 0. The molecule has 0 spiro atoms. The van der Waals surface area contributed by atoms with Crippen molar-refractivity contribution in [3.63, 3.8) is 0 Å². The number of nitrogens with zero attached hydrogens (tertiary/aromatic N) is 2. The van der Waals surface area contributed by atoms with Gasteiger partial charge < -0.3 is 5.32 Å². The molecule has 0 amide bonds. The van der Waals surface area contributed by atoms with E-state index in [1.165, 1.54) is 41.1 Å². The lowest BCUT2D eigenvalue weighted by Gasteiger charge is -2.27. The minimum Gasteiger partial charge on any atom is -0.311 e. The molecule has 3 aliphatic rings. The Morgan fingerprint density at radius 1 is 1.00 bits per heavy atom. The molecule has 2 aromatic rings. The molecular formula is C20H23N3S. The molecule has 24 heavy (non-hydrogen) atoms. The third-order valence-corrected chi connectivity index (χ3v) is 6.52. The number of fused-ring (bicyclic) bond motifs is 3. The smallest absolute Gasteiger partial charge is 0.0351 e. The fraction of sp³-hybridized carbons (Fsp3) is 0.400. The van der Waals surface area contributed by atoms with Crippen LogP contribution in [0.25, 0.3) is 0 Å². The van der Waals surface area contributed by atoms with E-state index in [-0.39, 0.29) is 0 Å². The van der Waals surface area contributed by atoms with Gasteiger partial charge in [-0.2, -0.15) is 0 Å². The fourth-order valence-electron chi connectivity index (χ4n) is 4.25. The van der Waals surface area contributed by atoms with E-state index in [1.807, 2.05) is 11.9 Å². The van der Waals surface area contributed by atoms with E-state index in [1.54, 1.807) is 0 Å². The number of hydrogen-bond acceptors (Lipinski definition) is 4. The van der Waals surface area contributed by atoms with Gasteiger partial charge in [0.15, 0.2) is 0 Å². The van der Waals surface area contributed by atoms with Gasteiger partial charge in [0.1, 0.15) is 0 Å². The van der Waals surface area contributed by atoms with Crippen LogP contribution >= 0.6 is 11.9 Å². The highest BCUT2D eigenvalue weighted by atomic mass is 32.2. The molecule has 1 N–H and O–H groups in total. The van der Waals surface area contributed by atoms with Crippen LogP contribution in [-0.2, 0) is 19.6 Å². The first-order chi connectivity index (χ1) is 11.8. The number of likely N-dealkylation sites (tertiary alicyclic amines) is 1. The van der Waals surface area contributed by atoms with Crippen LogP contribution < -0.4 is 5.32 Å². The number of nitrogens with one attached hydrogen (secondary N) is 1. The van der Waals surface area contributed by atoms with Crippen molar-refractivity contribution in [3.05, 3.63) is 65.2 Å². The van der Waals surface area contributed by atoms with E-state index in [0.717, 1.165) is 31.7 Å². The Kier molecular flexibility index (Phi) is 3.86. The van der Waals surface area contributed by atoms with Gasteiger partial charge in [-0.15, -0.1) is 0 Å². The Hall–Kier alpha value is -1.33. The highest BCUT2D eigenvalue weighted by Crippen LogP contribution is 2.33. The summed E-state index contributed by atoms with van der Waals surface area (Å²) in [6.45, 7) is 5.59. The molecule has 2 fully saturated rings. The van der Waals surface area contributed by atoms with Crippen molar-refractivity contribution in [2.45, 2.75) is 43.0 Å². The summed E-state index contributed by atoms with van der Waals surface area (Å²) in [5, 5.41) is 3.58. The Bertz CT molecular complexity index is 705. The molecule has 0 aliphatic carbocycles. The summed E-state index contributed by atoms with van der Waals surface area (Å²) in [7, 11) is 0. The van der Waals surface area contributed by atoms with Gasteiger partial charge in [-0.25, -0.2) is 4.31 Å². The second kappa shape index (κ2) is 6.19. The molecule has 0 aromatic heterocycles. The molecule has 2 aromatic carbocycles. The topological polar surface area (TPSA) is 18.5 Å². The normalized spacial score (nSPS) is 26.2. The zero-order chi connectivity index (χ0) is 15.9. The van der Waals surface area contributed by atoms with Crippen LogP contribution in [0, 0.1) is 0 Å². The van der Waals surface area contributed by atoms with Gasteiger partial charge in [0.05, 0.1) is 0 Å². The quantitative estimate of drug-likeness (QED) is 0.863. The molecule has 124 valence electrons. The van der Waals surface area contributed by atoms with E-state index < -0.39 is 0 Å². The Morgan fingerprint density at radius 2 is 1.75 bits per heavy atom. The van der Waals surface area contributed by atoms with Crippen molar-refractivity contribution in [2.75, 3.05) is 13.1 Å². The lowest BCUT2D eigenvalue weighted by Crippen LogP contribution is -2.42. The predicted octanol–water partition coefficient (Wildman–Crippen LogP) is 3.26. The average molecular weight is 337 g/mol. The highest BCUT2D eigenvalue weighted by molar-refractivity contribution is 7.97. The second-order valence-corrected chi connectivity index (χ2v) is 8.40. The van der Waals surface area contributed by atoms with Crippen molar-refractivity contribution in [1.82, 2.24) is 14.5 Å². The maximum absolute atomic E-state index is 3.58. The predicted molar refractivity (Wildman–Crippen MR) is 98.6 cm³/mol. The molecule has 3 aliphatic heterocycles. The molecule has 2 bridgehead atoms. The van der Waals surface area contributed by atoms with Crippen LogP contribution in [0.4, 0.5) is 0 Å². The third-order valence-electron chi connectivity index (χ3n) is 5.53. The van der Waals surface area contributed by atoms with Crippen LogP contribution in [-0.4, -0.2) is 34.4 Å². The Labute approximate surface area is 148 Å². The minimum atomic E-state index is 0.738. The highest BCUT2D eigenvalue weighted by Gasteiger charge is 2.37. The minimum absolute atomic E-state index is 0.738. The van der Waals surface area contributed by atoms with Crippen molar-refractivity contribution in [2.24, 2.45) is 0 Å². The molecule has 0 radical (unpaired) electrons. The van der Waals surface area contributed by atoms with Gasteiger partial charge in [0.25, 0.3) is 0 Å². The van der Waals surface area contributed by atoms with Gasteiger partial charge in [-0.05, 0) is 47.2 Å². The van der Waals surface area contributed by atoms with E-state index in [4.69, 9.17) is 0 Å². The van der Waals surface area contributed by atoms with Crippen LogP contribution in [0.1, 0.15) is 23.1 Å². The molecule has 3 heterocycles. The zero-order valence-electron chi connectivity index (χ0n) is 13.8. The van der Waals surface area contributed by atoms with E-state index in [2.05, 4.69) is 63.1 Å². The lowest BCUT2D eigenvalue weighted by molar-refractivity contribution is 0.218. The fourth-order valence-corrected chi connectivity index (χ4v) is 5.21. The van der Waals surface area contributed by atoms with Crippen molar-refractivity contribution >= 4 is 11.9 Å². The van der Waals surface area contributed by atoms with Crippen LogP contribution in [0.2, 0.25) is 0 Å². The number of piperazine rings is 1. The summed E-state index contributed by atoms with van der Waals surface area (Å²) >= 11 is 1.88. The van der Waals surface area contributed by atoms with Crippen LogP contribution in [0.3, 0.4) is 0 Å². The van der Waals surface area contributed by atoms with E-state index in [0.29, 0.717) is 0 Å². The van der Waals surface area contributed by atoms with Gasteiger partial charge >= 0.3 is 0 Å². The summed E-state index contributed by atoms with van der Waals surface area (Å²) < 4.78 is 2.45. The largest absolute Gasteiger partial charge is 0.311 e. The molecule has 2 atom stereocenters. The van der Waals surface area contributed by atoms with Gasteiger partial charge in [-0.1, -0.05) is 36.4 Å². The van der Waals surface area contributed by atoms with E-state index in [9.17, 15) is 0 Å². The molecule has 3 nitrogen and oxygen atoms in total. The van der Waals surface area contributed by atoms with Gasteiger partial charge in [0.2, 0.25) is 0 Å². The van der Waals surface area contributed by atoms with Crippen LogP contribution in [0.5, 0.6) is 0 Å². The van der Waals surface area contributed by atoms with Crippen molar-refractivity contribution in [1.29, 1.82) is 0 Å². The zero-order valence-corrected chi connectivity index (χ0v) is 14.6. The lowest BCUT2D eigenvalue weighted by atomic mass is 10.1. The maximum Gasteiger partial charge on any atom is 0.0351 e. The standard InChI is InChI=1S/C20H23N3S/c1-2-4-17-13-23(12-16(17)3-1)24-20-7-5-15(6-8-20)11-22-14-18-9-19(22)10-21-18/h1-8,18-19,21H,9-14H2.